The second-order valence-corrected chi connectivity index (χ2v) is 5.52. The number of fused-ring (bicyclic) bond motifs is 4. The van der Waals surface area contributed by atoms with Crippen LogP contribution in [0, 0.1) is 0 Å². The number of aromatic nitrogens is 2. The molecule has 0 bridgehead atoms. The third-order valence-electron chi connectivity index (χ3n) is 3.90. The van der Waals surface area contributed by atoms with Gasteiger partial charge in [0.05, 0.1) is 11.2 Å². The molecule has 0 spiro atoms. The van der Waals surface area contributed by atoms with Gasteiger partial charge in [0, 0.05) is 38.8 Å². The molecule has 0 fully saturated rings. The Morgan fingerprint density at radius 1 is 1.18 bits per heavy atom. The summed E-state index contributed by atoms with van der Waals surface area (Å²) in [6, 6.07) is 13.4. The molecular weight excluding hydrogens is 298 g/mol. The van der Waals surface area contributed by atoms with Gasteiger partial charge in [0.2, 0.25) is 0 Å². The van der Waals surface area contributed by atoms with Crippen LogP contribution in [-0.4, -0.2) is 9.55 Å². The van der Waals surface area contributed by atoms with E-state index in [1.54, 1.807) is 0 Å². The molecule has 4 rings (SSSR count). The molecular formula is C16H10ClN5. The molecule has 0 radical (unpaired) electrons. The van der Waals surface area contributed by atoms with Crippen molar-refractivity contribution in [3.63, 3.8) is 0 Å². The average molecular weight is 308 g/mol. The molecule has 0 amide bonds. The van der Waals surface area contributed by atoms with Crippen LogP contribution in [0.15, 0.2) is 47.6 Å². The number of hydrogen-bond donors (Lipinski definition) is 0. The minimum Gasteiger partial charge on any atom is -0.328 e. The van der Waals surface area contributed by atoms with Crippen molar-refractivity contribution >= 4 is 39.1 Å². The SMILES string of the molecule is Cn1c2nc3ccccc3c-2c(N=[N+]=[N-])c2cc(Cl)ccc21. The molecule has 0 aromatic heterocycles. The van der Waals surface area contributed by atoms with Crippen molar-refractivity contribution in [3.05, 3.63) is 57.9 Å². The molecule has 6 heteroatoms. The van der Waals surface area contributed by atoms with E-state index in [1.807, 2.05) is 54.1 Å². The lowest BCUT2D eigenvalue weighted by atomic mass is 10.0. The van der Waals surface area contributed by atoms with E-state index in [9.17, 15) is 0 Å². The highest BCUT2D eigenvalue weighted by atomic mass is 35.5. The first kappa shape index (κ1) is 13.0. The fourth-order valence-electron chi connectivity index (χ4n) is 2.94. The van der Waals surface area contributed by atoms with Crippen LogP contribution in [0.2, 0.25) is 5.02 Å². The zero-order valence-corrected chi connectivity index (χ0v) is 12.4. The highest BCUT2D eigenvalue weighted by Gasteiger charge is 2.21. The molecule has 22 heavy (non-hydrogen) atoms. The number of nitrogens with zero attached hydrogens (tertiary/aromatic N) is 5. The van der Waals surface area contributed by atoms with E-state index in [-0.39, 0.29) is 0 Å². The standard InChI is InChI=1S/C16H10ClN5/c1-22-13-7-6-9(17)8-11(13)15(20-21-18)14-10-4-2-3-5-12(10)19-16(14)22/h2-8H,1H3. The molecule has 0 unspecified atom stereocenters. The Hall–Kier alpha value is -2.75. The van der Waals surface area contributed by atoms with Crippen LogP contribution in [0.5, 0.6) is 0 Å². The number of para-hydroxylation sites is 1. The zero-order valence-electron chi connectivity index (χ0n) is 11.7. The van der Waals surface area contributed by atoms with Crippen molar-refractivity contribution in [2.24, 2.45) is 12.2 Å². The van der Waals surface area contributed by atoms with Crippen molar-refractivity contribution in [1.82, 2.24) is 9.55 Å². The Morgan fingerprint density at radius 2 is 2.00 bits per heavy atom. The molecule has 0 aliphatic carbocycles. The second kappa shape index (κ2) is 4.63. The van der Waals surface area contributed by atoms with Gasteiger partial charge in [0.1, 0.15) is 5.82 Å². The first-order valence-corrected chi connectivity index (χ1v) is 7.10. The Labute approximate surface area is 130 Å². The monoisotopic (exact) mass is 307 g/mol. The topological polar surface area (TPSA) is 66.6 Å². The minimum atomic E-state index is 0.571. The Balaban J connectivity index is 2.36. The summed E-state index contributed by atoms with van der Waals surface area (Å²) >= 11 is 6.13. The van der Waals surface area contributed by atoms with Crippen LogP contribution in [0.3, 0.4) is 0 Å². The first-order chi connectivity index (χ1) is 10.7. The Bertz CT molecular complexity index is 1060. The summed E-state index contributed by atoms with van der Waals surface area (Å²) in [5.74, 6) is 0.790. The summed E-state index contributed by atoms with van der Waals surface area (Å²) in [6.45, 7) is 0. The van der Waals surface area contributed by atoms with Gasteiger partial charge in [-0.3, -0.25) is 0 Å². The van der Waals surface area contributed by atoms with Crippen molar-refractivity contribution in [2.75, 3.05) is 0 Å². The van der Waals surface area contributed by atoms with E-state index in [4.69, 9.17) is 17.1 Å². The van der Waals surface area contributed by atoms with E-state index >= 15 is 0 Å². The molecule has 2 aliphatic heterocycles. The second-order valence-electron chi connectivity index (χ2n) is 5.09. The summed E-state index contributed by atoms with van der Waals surface area (Å²) in [4.78, 5) is 7.67. The maximum atomic E-state index is 8.98. The lowest BCUT2D eigenvalue weighted by Crippen LogP contribution is -2.00. The van der Waals surface area contributed by atoms with Crippen molar-refractivity contribution in [1.29, 1.82) is 0 Å². The van der Waals surface area contributed by atoms with Crippen LogP contribution in [0.25, 0.3) is 43.6 Å². The summed E-state index contributed by atoms with van der Waals surface area (Å²) < 4.78 is 2.00. The predicted molar refractivity (Wildman–Crippen MR) is 88.7 cm³/mol. The van der Waals surface area contributed by atoms with Crippen LogP contribution < -0.4 is 0 Å². The number of azide groups is 1. The summed E-state index contributed by atoms with van der Waals surface area (Å²) in [5.41, 5.74) is 12.2. The molecule has 0 saturated heterocycles. The minimum absolute atomic E-state index is 0.571. The quantitative estimate of drug-likeness (QED) is 0.263. The van der Waals surface area contributed by atoms with E-state index in [2.05, 4.69) is 15.0 Å². The van der Waals surface area contributed by atoms with Gasteiger partial charge in [-0.05, 0) is 29.8 Å². The molecule has 2 aliphatic rings. The normalized spacial score (nSPS) is 11.2. The molecule has 106 valence electrons. The van der Waals surface area contributed by atoms with Gasteiger partial charge >= 0.3 is 0 Å². The number of benzene rings is 2. The van der Waals surface area contributed by atoms with Crippen LogP contribution in [-0.2, 0) is 7.05 Å². The lowest BCUT2D eigenvalue weighted by molar-refractivity contribution is 0.939. The highest BCUT2D eigenvalue weighted by molar-refractivity contribution is 6.31. The van der Waals surface area contributed by atoms with Crippen LogP contribution in [0.1, 0.15) is 0 Å². The molecule has 0 saturated carbocycles. The maximum absolute atomic E-state index is 8.98. The molecule has 2 heterocycles. The smallest absolute Gasteiger partial charge is 0.141 e. The fourth-order valence-corrected chi connectivity index (χ4v) is 3.11. The zero-order chi connectivity index (χ0) is 15.3. The lowest BCUT2D eigenvalue weighted by Gasteiger charge is -2.15. The highest BCUT2D eigenvalue weighted by Crippen LogP contribution is 2.44. The van der Waals surface area contributed by atoms with Gasteiger partial charge in [0.25, 0.3) is 0 Å². The van der Waals surface area contributed by atoms with Gasteiger partial charge in [-0.1, -0.05) is 34.9 Å². The Kier molecular flexibility index (Phi) is 2.73. The largest absolute Gasteiger partial charge is 0.328 e. The maximum Gasteiger partial charge on any atom is 0.141 e. The average Bonchev–Trinajstić information content (AvgIpc) is 2.91. The molecule has 5 nitrogen and oxygen atoms in total. The van der Waals surface area contributed by atoms with Crippen LogP contribution in [0.4, 0.5) is 5.69 Å². The van der Waals surface area contributed by atoms with Crippen molar-refractivity contribution in [3.8, 4) is 11.4 Å². The molecule has 0 atom stereocenters. The number of rotatable bonds is 1. The van der Waals surface area contributed by atoms with Gasteiger partial charge in [-0.15, -0.1) is 0 Å². The van der Waals surface area contributed by atoms with E-state index < -0.39 is 0 Å². The summed E-state index contributed by atoms with van der Waals surface area (Å²) in [5, 5.41) is 6.33. The van der Waals surface area contributed by atoms with Crippen molar-refractivity contribution < 1.29 is 0 Å². The number of aryl methyl sites for hydroxylation is 1. The van der Waals surface area contributed by atoms with Gasteiger partial charge < -0.3 is 4.57 Å². The third kappa shape index (κ3) is 1.67. The summed E-state index contributed by atoms with van der Waals surface area (Å²) in [7, 11) is 1.95. The van der Waals surface area contributed by atoms with Gasteiger partial charge in [-0.2, -0.15) is 0 Å². The summed E-state index contributed by atoms with van der Waals surface area (Å²) in [6.07, 6.45) is 0. The number of halogens is 1. The third-order valence-corrected chi connectivity index (χ3v) is 4.13. The van der Waals surface area contributed by atoms with E-state index in [0.29, 0.717) is 10.7 Å². The number of pyridine rings is 1. The fraction of sp³-hybridized carbons (Fsp3) is 0.0625. The van der Waals surface area contributed by atoms with Gasteiger partial charge in [-0.25, -0.2) is 4.98 Å². The van der Waals surface area contributed by atoms with E-state index in [0.717, 1.165) is 33.2 Å². The van der Waals surface area contributed by atoms with Crippen LogP contribution >= 0.6 is 11.6 Å². The number of hydrogen-bond acceptors (Lipinski definition) is 2. The molecule has 2 aromatic carbocycles. The van der Waals surface area contributed by atoms with E-state index in [1.165, 1.54) is 0 Å². The van der Waals surface area contributed by atoms with Gasteiger partial charge in [0.15, 0.2) is 0 Å². The predicted octanol–water partition coefficient (Wildman–Crippen LogP) is 5.43. The van der Waals surface area contributed by atoms with Crippen molar-refractivity contribution in [2.45, 2.75) is 0 Å². The Morgan fingerprint density at radius 3 is 2.82 bits per heavy atom. The molecule has 0 N–H and O–H groups in total. The first-order valence-electron chi connectivity index (χ1n) is 6.72. The molecule has 2 aromatic rings.